The first-order valence-corrected chi connectivity index (χ1v) is 5.43. The van der Waals surface area contributed by atoms with E-state index in [4.69, 9.17) is 4.74 Å². The largest absolute Gasteiger partial charge is 0.483 e. The van der Waals surface area contributed by atoms with Crippen LogP contribution in [0.15, 0.2) is 18.2 Å². The molecule has 2 atom stereocenters. The van der Waals surface area contributed by atoms with E-state index in [2.05, 4.69) is 0 Å². The van der Waals surface area contributed by atoms with E-state index in [0.29, 0.717) is 5.56 Å². The molecular weight excluding hydrogens is 252 g/mol. The molecule has 1 aromatic carbocycles. The maximum atomic E-state index is 13.2. The Hall–Kier alpha value is -1.30. The molecule has 2 nitrogen and oxygen atoms in total. The zero-order valence-corrected chi connectivity index (χ0v) is 9.54. The second kappa shape index (κ2) is 4.42. The molecule has 0 amide bonds. The van der Waals surface area contributed by atoms with E-state index in [1.807, 2.05) is 0 Å². The molecule has 2 rings (SSSR count). The van der Waals surface area contributed by atoms with Gasteiger partial charge in [0.2, 0.25) is 0 Å². The van der Waals surface area contributed by atoms with Crippen LogP contribution in [-0.2, 0) is 0 Å². The van der Waals surface area contributed by atoms with Gasteiger partial charge in [-0.25, -0.2) is 8.78 Å². The van der Waals surface area contributed by atoms with E-state index in [1.54, 1.807) is 19.1 Å². The minimum absolute atomic E-state index is 0.0321. The molecule has 0 unspecified atom stereocenters. The van der Waals surface area contributed by atoms with Crippen molar-refractivity contribution >= 4 is 0 Å². The highest BCUT2D eigenvalue weighted by Gasteiger charge is 2.52. The number of halogens is 4. The smallest absolute Gasteiger partial charge is 0.343 e. The van der Waals surface area contributed by atoms with Crippen molar-refractivity contribution < 1.29 is 27.4 Å². The van der Waals surface area contributed by atoms with E-state index in [9.17, 15) is 22.7 Å². The van der Waals surface area contributed by atoms with Crippen LogP contribution >= 0.6 is 0 Å². The van der Waals surface area contributed by atoms with Gasteiger partial charge in [-0.15, -0.1) is 0 Å². The van der Waals surface area contributed by atoms with Gasteiger partial charge in [-0.05, 0) is 19.1 Å². The molecule has 0 radical (unpaired) electrons. The lowest BCUT2D eigenvalue weighted by atomic mass is 9.95. The Morgan fingerprint density at radius 1 is 1.39 bits per heavy atom. The van der Waals surface area contributed by atoms with Gasteiger partial charge < -0.3 is 9.84 Å². The predicted molar refractivity (Wildman–Crippen MR) is 56.1 cm³/mol. The number of hydrogen-bond donors (Lipinski definition) is 1. The van der Waals surface area contributed by atoms with Crippen LogP contribution in [0.1, 0.15) is 23.7 Å². The highest BCUT2D eigenvalue weighted by Crippen LogP contribution is 2.41. The Kier molecular flexibility index (Phi) is 3.23. The molecular formula is C12H12F4O2. The lowest BCUT2D eigenvalue weighted by Crippen LogP contribution is -2.46. The van der Waals surface area contributed by atoms with Crippen molar-refractivity contribution in [2.45, 2.75) is 37.9 Å². The first kappa shape index (κ1) is 13.1. The van der Waals surface area contributed by atoms with Crippen LogP contribution in [0, 0.1) is 6.92 Å². The summed E-state index contributed by atoms with van der Waals surface area (Å²) in [5.74, 6) is -4.24. The van der Waals surface area contributed by atoms with Gasteiger partial charge in [0.05, 0.1) is 6.10 Å². The second-order valence-corrected chi connectivity index (χ2v) is 4.37. The molecule has 0 saturated carbocycles. The third kappa shape index (κ3) is 2.16. The van der Waals surface area contributed by atoms with Crippen LogP contribution in [0.4, 0.5) is 17.6 Å². The average molecular weight is 264 g/mol. The molecule has 0 fully saturated rings. The Morgan fingerprint density at radius 2 is 2.06 bits per heavy atom. The Morgan fingerprint density at radius 3 is 2.67 bits per heavy atom. The summed E-state index contributed by atoms with van der Waals surface area (Å²) in [6.45, 7) is 1.77. The Labute approximate surface area is 101 Å². The minimum Gasteiger partial charge on any atom is -0.483 e. The topological polar surface area (TPSA) is 29.5 Å². The fourth-order valence-corrected chi connectivity index (χ4v) is 1.94. The third-order valence-electron chi connectivity index (χ3n) is 2.95. The molecule has 6 heteroatoms. The molecule has 0 aliphatic carbocycles. The molecule has 18 heavy (non-hydrogen) atoms. The van der Waals surface area contributed by atoms with E-state index in [1.165, 1.54) is 6.07 Å². The zero-order chi connectivity index (χ0) is 13.5. The average Bonchev–Trinajstić information content (AvgIpc) is 2.29. The van der Waals surface area contributed by atoms with Gasteiger partial charge in [0, 0.05) is 12.0 Å². The van der Waals surface area contributed by atoms with Gasteiger partial charge in [0.15, 0.2) is 6.10 Å². The highest BCUT2D eigenvalue weighted by atomic mass is 19.3. The van der Waals surface area contributed by atoms with Crippen molar-refractivity contribution in [1.29, 1.82) is 0 Å². The lowest BCUT2D eigenvalue weighted by Gasteiger charge is -2.34. The van der Waals surface area contributed by atoms with Gasteiger partial charge in [-0.3, -0.25) is 0 Å². The van der Waals surface area contributed by atoms with Crippen molar-refractivity contribution in [3.05, 3.63) is 29.3 Å². The third-order valence-corrected chi connectivity index (χ3v) is 2.95. The van der Waals surface area contributed by atoms with Gasteiger partial charge in [-0.2, -0.15) is 8.78 Å². The minimum atomic E-state index is -4.27. The first-order chi connectivity index (χ1) is 8.32. The van der Waals surface area contributed by atoms with Crippen LogP contribution in [0.5, 0.6) is 5.75 Å². The van der Waals surface area contributed by atoms with Crippen molar-refractivity contribution in [3.63, 3.8) is 0 Å². The fourth-order valence-electron chi connectivity index (χ4n) is 1.94. The van der Waals surface area contributed by atoms with E-state index >= 15 is 0 Å². The number of aliphatic hydroxyl groups is 1. The summed E-state index contributed by atoms with van der Waals surface area (Å²) in [5, 5.41) is 9.74. The normalized spacial score (nSPS) is 23.7. The lowest BCUT2D eigenvalue weighted by molar-refractivity contribution is -0.194. The molecule has 1 aromatic rings. The highest BCUT2D eigenvalue weighted by molar-refractivity contribution is 5.40. The van der Waals surface area contributed by atoms with E-state index in [0.717, 1.165) is 5.56 Å². The number of hydrogen-bond acceptors (Lipinski definition) is 2. The van der Waals surface area contributed by atoms with Gasteiger partial charge >= 0.3 is 12.3 Å². The molecule has 0 bridgehead atoms. The predicted octanol–water partition coefficient (Wildman–Crippen LogP) is 3.08. The number of alkyl halides is 4. The first-order valence-electron chi connectivity index (χ1n) is 5.43. The standard InChI is InChI=1S/C12H12F4O2/c1-6-2-3-9-7(4-6)8(17)5-10(18-9)12(15,16)11(13)14/h2-4,8,10-11,17H,5H2,1H3/t8-,10-/m1/s1. The molecule has 1 heterocycles. The number of aliphatic hydroxyl groups excluding tert-OH is 1. The van der Waals surface area contributed by atoms with Gasteiger partial charge in [-0.1, -0.05) is 11.6 Å². The van der Waals surface area contributed by atoms with Crippen LogP contribution in [0.2, 0.25) is 0 Å². The van der Waals surface area contributed by atoms with Crippen molar-refractivity contribution in [3.8, 4) is 5.75 Å². The Balaban J connectivity index is 2.31. The van der Waals surface area contributed by atoms with Crippen LogP contribution < -0.4 is 4.74 Å². The van der Waals surface area contributed by atoms with Crippen molar-refractivity contribution in [2.75, 3.05) is 0 Å². The molecule has 0 spiro atoms. The van der Waals surface area contributed by atoms with Crippen LogP contribution in [0.25, 0.3) is 0 Å². The summed E-state index contributed by atoms with van der Waals surface area (Å²) in [5.41, 5.74) is 1.19. The quantitative estimate of drug-likeness (QED) is 0.832. The fraction of sp³-hybridized carbons (Fsp3) is 0.500. The van der Waals surface area contributed by atoms with Crippen LogP contribution in [0.3, 0.4) is 0 Å². The van der Waals surface area contributed by atoms with Crippen molar-refractivity contribution in [2.24, 2.45) is 0 Å². The molecule has 100 valence electrons. The van der Waals surface area contributed by atoms with E-state index < -0.39 is 31.0 Å². The maximum Gasteiger partial charge on any atom is 0.343 e. The van der Waals surface area contributed by atoms with Crippen molar-refractivity contribution in [1.82, 2.24) is 0 Å². The SMILES string of the molecule is Cc1ccc2c(c1)[C@H](O)C[C@H](C(F)(F)C(F)F)O2. The number of rotatable bonds is 2. The summed E-state index contributed by atoms with van der Waals surface area (Å²) in [6, 6.07) is 4.60. The number of fused-ring (bicyclic) bond motifs is 1. The summed E-state index contributed by atoms with van der Waals surface area (Å²) in [6.07, 6.45) is -7.60. The summed E-state index contributed by atoms with van der Waals surface area (Å²) in [4.78, 5) is 0. The number of ether oxygens (including phenoxy) is 1. The molecule has 1 N–H and O–H groups in total. The molecule has 1 aliphatic rings. The zero-order valence-electron chi connectivity index (χ0n) is 9.54. The second-order valence-electron chi connectivity index (χ2n) is 4.37. The number of benzene rings is 1. The maximum absolute atomic E-state index is 13.2. The number of aryl methyl sites for hydroxylation is 1. The monoisotopic (exact) mass is 264 g/mol. The molecule has 0 aromatic heterocycles. The summed E-state index contributed by atoms with van der Waals surface area (Å²) in [7, 11) is 0. The van der Waals surface area contributed by atoms with Gasteiger partial charge in [0.1, 0.15) is 5.75 Å². The molecule has 0 saturated heterocycles. The summed E-state index contributed by atoms with van der Waals surface area (Å²) < 4.78 is 55.8. The molecule has 1 aliphatic heterocycles. The van der Waals surface area contributed by atoms with E-state index in [-0.39, 0.29) is 5.75 Å². The van der Waals surface area contributed by atoms with Crippen LogP contribution in [-0.4, -0.2) is 23.6 Å². The summed E-state index contributed by atoms with van der Waals surface area (Å²) >= 11 is 0. The Bertz CT molecular complexity index is 448. The van der Waals surface area contributed by atoms with Gasteiger partial charge in [0.25, 0.3) is 0 Å².